The Kier molecular flexibility index (Phi) is 5.13. The number of hydrogen-bond donors (Lipinski definition) is 3. The van der Waals surface area contributed by atoms with Crippen molar-refractivity contribution in [2.75, 3.05) is 6.54 Å². The number of hydrogen-bond acceptors (Lipinski definition) is 4. The van der Waals surface area contributed by atoms with E-state index in [4.69, 9.17) is 0 Å². The van der Waals surface area contributed by atoms with Crippen LogP contribution in [-0.4, -0.2) is 27.6 Å². The summed E-state index contributed by atoms with van der Waals surface area (Å²) in [5, 5.41) is 9.16. The SMILES string of the molecule is CC(C)(C)[C@@H]1CCc2sc(C(=O)NCCCc3n[nH]c(=O)[nH]3)cc2C1. The normalized spacial score (nSPS) is 17.3. The summed E-state index contributed by atoms with van der Waals surface area (Å²) in [5.74, 6) is 1.31. The fourth-order valence-corrected chi connectivity index (χ4v) is 4.47. The molecule has 2 heterocycles. The molecule has 0 saturated carbocycles. The number of fused-ring (bicyclic) bond motifs is 1. The molecular formula is C18H26N4O2S. The van der Waals surface area contributed by atoms with Gasteiger partial charge >= 0.3 is 5.69 Å². The lowest BCUT2D eigenvalue weighted by molar-refractivity contribution is 0.0957. The number of rotatable bonds is 5. The molecule has 0 spiro atoms. The highest BCUT2D eigenvalue weighted by Crippen LogP contribution is 2.40. The van der Waals surface area contributed by atoms with Gasteiger partial charge in [0.2, 0.25) is 0 Å². The molecular weight excluding hydrogens is 336 g/mol. The first-order valence-corrected chi connectivity index (χ1v) is 9.68. The molecule has 0 radical (unpaired) electrons. The standard InChI is InChI=1S/C18H26N4O2S/c1-18(2,3)12-6-7-13-11(9-12)10-14(25-13)16(23)19-8-4-5-15-20-17(24)22-21-15/h10,12H,4-9H2,1-3H3,(H,19,23)(H2,20,21,22,24)/t12-/m1/s1. The molecule has 6 nitrogen and oxygen atoms in total. The average molecular weight is 362 g/mol. The maximum atomic E-state index is 12.4. The van der Waals surface area contributed by atoms with Crippen LogP contribution in [0.15, 0.2) is 10.9 Å². The topological polar surface area (TPSA) is 90.6 Å². The molecule has 2 aromatic rings. The van der Waals surface area contributed by atoms with E-state index in [1.807, 2.05) is 0 Å². The second-order valence-electron chi connectivity index (χ2n) is 7.85. The van der Waals surface area contributed by atoms with Crippen molar-refractivity contribution in [2.24, 2.45) is 11.3 Å². The number of carbonyl (C=O) groups excluding carboxylic acids is 1. The van der Waals surface area contributed by atoms with E-state index in [0.717, 1.165) is 24.1 Å². The first kappa shape index (κ1) is 17.9. The van der Waals surface area contributed by atoms with Gasteiger partial charge < -0.3 is 5.32 Å². The van der Waals surface area contributed by atoms with Crippen LogP contribution in [0.5, 0.6) is 0 Å². The molecule has 0 unspecified atom stereocenters. The lowest BCUT2D eigenvalue weighted by Gasteiger charge is -2.33. The highest BCUT2D eigenvalue weighted by Gasteiger charge is 2.30. The fraction of sp³-hybridized carbons (Fsp3) is 0.611. The van der Waals surface area contributed by atoms with Crippen LogP contribution >= 0.6 is 11.3 Å². The van der Waals surface area contributed by atoms with Gasteiger partial charge in [-0.2, -0.15) is 5.10 Å². The number of nitrogens with zero attached hydrogens (tertiary/aromatic N) is 1. The predicted octanol–water partition coefficient (Wildman–Crippen LogP) is 2.67. The quantitative estimate of drug-likeness (QED) is 0.714. The Labute approximate surface area is 151 Å². The molecule has 0 saturated heterocycles. The predicted molar refractivity (Wildman–Crippen MR) is 99.2 cm³/mol. The summed E-state index contributed by atoms with van der Waals surface area (Å²) in [7, 11) is 0. The minimum absolute atomic E-state index is 0.00206. The first-order valence-electron chi connectivity index (χ1n) is 8.86. The Morgan fingerprint density at radius 3 is 2.92 bits per heavy atom. The third-order valence-corrected chi connectivity index (χ3v) is 6.19. The molecule has 7 heteroatoms. The summed E-state index contributed by atoms with van der Waals surface area (Å²) >= 11 is 1.64. The number of nitrogens with one attached hydrogen (secondary N) is 3. The van der Waals surface area contributed by atoms with Gasteiger partial charge in [-0.1, -0.05) is 20.8 Å². The highest BCUT2D eigenvalue weighted by atomic mass is 32.1. The van der Waals surface area contributed by atoms with Crippen molar-refractivity contribution in [3.8, 4) is 0 Å². The van der Waals surface area contributed by atoms with Gasteiger partial charge in [0.15, 0.2) is 0 Å². The van der Waals surface area contributed by atoms with Crippen molar-refractivity contribution in [1.29, 1.82) is 0 Å². The first-order chi connectivity index (χ1) is 11.8. The van der Waals surface area contributed by atoms with Crippen molar-refractivity contribution < 1.29 is 4.79 Å². The van der Waals surface area contributed by atoms with E-state index >= 15 is 0 Å². The number of aromatic amines is 2. The number of carbonyl (C=O) groups is 1. The third-order valence-electron chi connectivity index (χ3n) is 4.96. The lowest BCUT2D eigenvalue weighted by Crippen LogP contribution is -2.26. The Morgan fingerprint density at radius 1 is 1.44 bits per heavy atom. The monoisotopic (exact) mass is 362 g/mol. The number of H-pyrrole nitrogens is 2. The van der Waals surface area contributed by atoms with Crippen molar-refractivity contribution in [1.82, 2.24) is 20.5 Å². The Bertz CT molecular complexity index is 797. The van der Waals surface area contributed by atoms with E-state index in [2.05, 4.69) is 47.3 Å². The van der Waals surface area contributed by atoms with E-state index in [1.54, 1.807) is 11.3 Å². The summed E-state index contributed by atoms with van der Waals surface area (Å²) in [6.07, 6.45) is 4.74. The van der Waals surface area contributed by atoms with Crippen LogP contribution in [-0.2, 0) is 19.3 Å². The van der Waals surface area contributed by atoms with Gasteiger partial charge in [-0.05, 0) is 48.6 Å². The summed E-state index contributed by atoms with van der Waals surface area (Å²) in [6.45, 7) is 7.47. The van der Waals surface area contributed by atoms with Gasteiger partial charge in [0.05, 0.1) is 4.88 Å². The zero-order valence-electron chi connectivity index (χ0n) is 15.1. The van der Waals surface area contributed by atoms with Gasteiger partial charge in [-0.25, -0.2) is 9.89 Å². The molecule has 2 aromatic heterocycles. The van der Waals surface area contributed by atoms with Crippen LogP contribution in [0.2, 0.25) is 0 Å². The minimum Gasteiger partial charge on any atom is -0.351 e. The number of thiophene rings is 1. The van der Waals surface area contributed by atoms with Crippen LogP contribution in [0, 0.1) is 11.3 Å². The molecule has 3 rings (SSSR count). The second-order valence-corrected chi connectivity index (χ2v) is 8.99. The molecule has 136 valence electrons. The Morgan fingerprint density at radius 2 is 2.24 bits per heavy atom. The number of aryl methyl sites for hydroxylation is 2. The Balaban J connectivity index is 1.52. The van der Waals surface area contributed by atoms with E-state index in [0.29, 0.717) is 30.1 Å². The van der Waals surface area contributed by atoms with Gasteiger partial charge in [0.1, 0.15) is 5.82 Å². The molecule has 1 amide bonds. The third kappa shape index (κ3) is 4.39. The molecule has 0 bridgehead atoms. The van der Waals surface area contributed by atoms with E-state index < -0.39 is 0 Å². The van der Waals surface area contributed by atoms with Crippen LogP contribution in [0.3, 0.4) is 0 Å². The van der Waals surface area contributed by atoms with Gasteiger partial charge in [-0.3, -0.25) is 9.78 Å². The molecule has 3 N–H and O–H groups in total. The highest BCUT2D eigenvalue weighted by molar-refractivity contribution is 7.14. The summed E-state index contributed by atoms with van der Waals surface area (Å²) in [5.41, 5.74) is 1.38. The van der Waals surface area contributed by atoms with Crippen LogP contribution in [0.1, 0.15) is 59.5 Å². The maximum Gasteiger partial charge on any atom is 0.340 e. The molecule has 1 aliphatic rings. The second kappa shape index (κ2) is 7.15. The number of amides is 1. The van der Waals surface area contributed by atoms with E-state index in [9.17, 15) is 9.59 Å². The zero-order valence-corrected chi connectivity index (χ0v) is 15.9. The molecule has 1 atom stereocenters. The van der Waals surface area contributed by atoms with Crippen LogP contribution in [0.25, 0.3) is 0 Å². The summed E-state index contributed by atoms with van der Waals surface area (Å²) in [4.78, 5) is 28.1. The average Bonchev–Trinajstić information content (AvgIpc) is 3.15. The lowest BCUT2D eigenvalue weighted by atomic mass is 9.72. The maximum absolute atomic E-state index is 12.4. The zero-order chi connectivity index (χ0) is 18.0. The van der Waals surface area contributed by atoms with Crippen molar-refractivity contribution >= 4 is 17.2 Å². The smallest absolute Gasteiger partial charge is 0.340 e. The van der Waals surface area contributed by atoms with Crippen molar-refractivity contribution in [3.05, 3.63) is 37.7 Å². The van der Waals surface area contributed by atoms with E-state index in [-0.39, 0.29) is 11.6 Å². The van der Waals surface area contributed by atoms with E-state index in [1.165, 1.54) is 16.9 Å². The summed E-state index contributed by atoms with van der Waals surface area (Å²) < 4.78 is 0. The molecule has 0 aromatic carbocycles. The van der Waals surface area contributed by atoms with Gasteiger partial charge in [0.25, 0.3) is 5.91 Å². The van der Waals surface area contributed by atoms with Crippen LogP contribution < -0.4 is 11.0 Å². The van der Waals surface area contributed by atoms with Gasteiger partial charge in [-0.15, -0.1) is 11.3 Å². The molecule has 0 fully saturated rings. The Hall–Kier alpha value is -1.89. The van der Waals surface area contributed by atoms with Crippen molar-refractivity contribution in [3.63, 3.8) is 0 Å². The van der Waals surface area contributed by atoms with Gasteiger partial charge in [0, 0.05) is 17.8 Å². The molecule has 1 aliphatic carbocycles. The van der Waals surface area contributed by atoms with Crippen molar-refractivity contribution in [2.45, 2.75) is 52.9 Å². The number of aromatic nitrogens is 3. The largest absolute Gasteiger partial charge is 0.351 e. The summed E-state index contributed by atoms with van der Waals surface area (Å²) in [6, 6.07) is 2.08. The molecule has 25 heavy (non-hydrogen) atoms. The van der Waals surface area contributed by atoms with Crippen LogP contribution in [0.4, 0.5) is 0 Å². The fourth-order valence-electron chi connectivity index (χ4n) is 3.34. The molecule has 0 aliphatic heterocycles. The minimum atomic E-state index is -0.295.